The predicted octanol–water partition coefficient (Wildman–Crippen LogP) is 0.325. The van der Waals surface area contributed by atoms with E-state index in [1.807, 2.05) is 20.8 Å². The van der Waals surface area contributed by atoms with Gasteiger partial charge in [0.1, 0.15) is 0 Å². The number of hydroxylamine groups is 1. The molecule has 54 valence electrons. The maximum Gasteiger partial charge on any atom is 0.165 e. The summed E-state index contributed by atoms with van der Waals surface area (Å²) in [5.41, 5.74) is 4.78. The molecule has 0 bridgehead atoms. The molecule has 2 N–H and O–H groups in total. The molecule has 3 nitrogen and oxygen atoms in total. The highest BCUT2D eigenvalue weighted by Crippen LogP contribution is 2.03. The first-order valence-corrected chi connectivity index (χ1v) is 2.98. The van der Waals surface area contributed by atoms with Crippen LogP contribution in [-0.2, 0) is 0 Å². The average molecular weight is 130 g/mol. The summed E-state index contributed by atoms with van der Waals surface area (Å²) in [6, 6.07) is 0. The van der Waals surface area contributed by atoms with E-state index < -0.39 is 0 Å². The van der Waals surface area contributed by atoms with Crippen molar-refractivity contribution in [3.63, 3.8) is 0 Å². The van der Waals surface area contributed by atoms with Crippen molar-refractivity contribution in [2.45, 2.75) is 26.3 Å². The maximum atomic E-state index is 10.8. The lowest BCUT2D eigenvalue weighted by Gasteiger charge is -2.18. The van der Waals surface area contributed by atoms with E-state index in [1.54, 1.807) is 0 Å². The fourth-order valence-electron chi connectivity index (χ4n) is 0.370. The summed E-state index contributed by atoms with van der Waals surface area (Å²) in [6.45, 7) is 5.82. The van der Waals surface area contributed by atoms with Gasteiger partial charge in [-0.05, 0) is 0 Å². The van der Waals surface area contributed by atoms with E-state index in [-0.39, 0.29) is 5.54 Å². The minimum Gasteiger partial charge on any atom is -0.624 e. The van der Waals surface area contributed by atoms with Crippen LogP contribution in [0.1, 0.15) is 20.8 Å². The summed E-state index contributed by atoms with van der Waals surface area (Å²) < 4.78 is 0.868. The first-order valence-electron chi connectivity index (χ1n) is 2.98. The first kappa shape index (κ1) is 8.43. The second kappa shape index (κ2) is 2.82. The van der Waals surface area contributed by atoms with E-state index in [2.05, 4.69) is 0 Å². The van der Waals surface area contributed by atoms with E-state index in [9.17, 15) is 5.21 Å². The SMILES string of the molecule is CC(C)(C)/[N+]([O-])=C/CN. The highest BCUT2D eigenvalue weighted by Gasteiger charge is 2.16. The molecule has 0 aromatic carbocycles. The third-order valence-electron chi connectivity index (χ3n) is 0.932. The number of rotatable bonds is 1. The molecule has 0 saturated carbocycles. The monoisotopic (exact) mass is 130 g/mol. The Hall–Kier alpha value is -0.570. The summed E-state index contributed by atoms with van der Waals surface area (Å²) >= 11 is 0. The van der Waals surface area contributed by atoms with Crippen molar-refractivity contribution in [1.82, 2.24) is 0 Å². The van der Waals surface area contributed by atoms with Gasteiger partial charge < -0.3 is 10.9 Å². The molecule has 0 amide bonds. The molecule has 0 aliphatic rings. The normalized spacial score (nSPS) is 14.0. The van der Waals surface area contributed by atoms with Gasteiger partial charge in [-0.2, -0.15) is 0 Å². The standard InChI is InChI=1S/C6H14N2O/c1-6(2,3)8(9)5-4-7/h5H,4,7H2,1-3H3/b8-5-. The van der Waals surface area contributed by atoms with Crippen LogP contribution in [0.2, 0.25) is 0 Å². The summed E-state index contributed by atoms with van der Waals surface area (Å²) in [7, 11) is 0. The molecule has 0 spiro atoms. The number of nitrogens with two attached hydrogens (primary N) is 1. The second-order valence-electron chi connectivity index (χ2n) is 2.91. The van der Waals surface area contributed by atoms with Crippen molar-refractivity contribution in [3.8, 4) is 0 Å². The molecular formula is C6H14N2O. The fraction of sp³-hybridized carbons (Fsp3) is 0.833. The highest BCUT2D eigenvalue weighted by molar-refractivity contribution is 5.53. The Bertz CT molecular complexity index is 113. The molecule has 0 atom stereocenters. The summed E-state index contributed by atoms with van der Waals surface area (Å²) in [5, 5.41) is 10.8. The van der Waals surface area contributed by atoms with Gasteiger partial charge in [0, 0.05) is 20.8 Å². The number of nitrogens with zero attached hydrogens (tertiary/aromatic N) is 1. The molecule has 0 heterocycles. The van der Waals surface area contributed by atoms with Crippen LogP contribution in [0.25, 0.3) is 0 Å². The lowest BCUT2D eigenvalue weighted by atomic mass is 10.1. The molecule has 0 aromatic rings. The third kappa shape index (κ3) is 3.08. The van der Waals surface area contributed by atoms with Gasteiger partial charge in [0.25, 0.3) is 0 Å². The zero-order valence-corrected chi connectivity index (χ0v) is 6.22. The predicted molar refractivity (Wildman–Crippen MR) is 38.5 cm³/mol. The summed E-state index contributed by atoms with van der Waals surface area (Å²) in [5.74, 6) is 0. The Kier molecular flexibility index (Phi) is 2.65. The van der Waals surface area contributed by atoms with Gasteiger partial charge in [0.05, 0.1) is 6.54 Å². The molecule has 0 aliphatic heterocycles. The zero-order valence-electron chi connectivity index (χ0n) is 6.22. The smallest absolute Gasteiger partial charge is 0.165 e. The van der Waals surface area contributed by atoms with Crippen molar-refractivity contribution < 1.29 is 4.74 Å². The van der Waals surface area contributed by atoms with E-state index in [4.69, 9.17) is 5.73 Å². The molecule has 9 heavy (non-hydrogen) atoms. The van der Waals surface area contributed by atoms with Crippen LogP contribution >= 0.6 is 0 Å². The van der Waals surface area contributed by atoms with Gasteiger partial charge in [-0.25, -0.2) is 4.74 Å². The topological polar surface area (TPSA) is 52.1 Å². The van der Waals surface area contributed by atoms with Gasteiger partial charge >= 0.3 is 0 Å². The third-order valence-corrected chi connectivity index (χ3v) is 0.932. The Morgan fingerprint density at radius 2 is 2.00 bits per heavy atom. The largest absolute Gasteiger partial charge is 0.624 e. The van der Waals surface area contributed by atoms with E-state index in [1.165, 1.54) is 6.21 Å². The molecule has 0 saturated heterocycles. The van der Waals surface area contributed by atoms with Gasteiger partial charge in [-0.15, -0.1) is 0 Å². The van der Waals surface area contributed by atoms with Crippen molar-refractivity contribution >= 4 is 6.21 Å². The van der Waals surface area contributed by atoms with Crippen molar-refractivity contribution in [1.29, 1.82) is 0 Å². The molecule has 0 fully saturated rings. The quantitative estimate of drug-likeness (QED) is 0.240. The van der Waals surface area contributed by atoms with Crippen molar-refractivity contribution in [2.75, 3.05) is 6.54 Å². The Labute approximate surface area is 55.8 Å². The second-order valence-corrected chi connectivity index (χ2v) is 2.91. The van der Waals surface area contributed by atoms with Gasteiger partial charge in [0.2, 0.25) is 0 Å². The van der Waals surface area contributed by atoms with Crippen LogP contribution in [0.3, 0.4) is 0 Å². The van der Waals surface area contributed by atoms with Crippen LogP contribution in [0, 0.1) is 5.21 Å². The van der Waals surface area contributed by atoms with Gasteiger partial charge in [0.15, 0.2) is 11.8 Å². The van der Waals surface area contributed by atoms with Crippen LogP contribution in [0.15, 0.2) is 0 Å². The average Bonchev–Trinajstić information content (AvgIpc) is 1.64. The Morgan fingerprint density at radius 1 is 1.56 bits per heavy atom. The molecule has 0 radical (unpaired) electrons. The molecule has 0 aromatic heterocycles. The van der Waals surface area contributed by atoms with Crippen molar-refractivity contribution in [3.05, 3.63) is 5.21 Å². The van der Waals surface area contributed by atoms with E-state index in [0.717, 1.165) is 4.74 Å². The minimum absolute atomic E-state index is 0.306. The fourth-order valence-corrected chi connectivity index (χ4v) is 0.370. The maximum absolute atomic E-state index is 10.8. The molecule has 0 rings (SSSR count). The minimum atomic E-state index is -0.348. The first-order chi connectivity index (χ1) is 3.98. The molecule has 0 unspecified atom stereocenters. The number of hydrogen-bond acceptors (Lipinski definition) is 2. The highest BCUT2D eigenvalue weighted by atomic mass is 16.5. The van der Waals surface area contributed by atoms with Crippen molar-refractivity contribution in [2.24, 2.45) is 5.73 Å². The molecule has 0 aliphatic carbocycles. The van der Waals surface area contributed by atoms with E-state index >= 15 is 0 Å². The molecular weight excluding hydrogens is 116 g/mol. The zero-order chi connectivity index (χ0) is 7.49. The lowest BCUT2D eigenvalue weighted by molar-refractivity contribution is -0.531. The van der Waals surface area contributed by atoms with Crippen LogP contribution in [0.4, 0.5) is 0 Å². The van der Waals surface area contributed by atoms with Gasteiger partial charge in [-0.3, -0.25) is 0 Å². The molecule has 3 heteroatoms. The number of hydrogen-bond donors (Lipinski definition) is 1. The summed E-state index contributed by atoms with van der Waals surface area (Å²) in [6.07, 6.45) is 1.43. The summed E-state index contributed by atoms with van der Waals surface area (Å²) in [4.78, 5) is 0. The van der Waals surface area contributed by atoms with Gasteiger partial charge in [-0.1, -0.05) is 0 Å². The van der Waals surface area contributed by atoms with Crippen LogP contribution < -0.4 is 5.73 Å². The lowest BCUT2D eigenvalue weighted by Crippen LogP contribution is -2.30. The Morgan fingerprint density at radius 3 is 2.11 bits per heavy atom. The van der Waals surface area contributed by atoms with E-state index in [0.29, 0.717) is 6.54 Å². The van der Waals surface area contributed by atoms with Crippen LogP contribution in [-0.4, -0.2) is 23.0 Å². The Balaban J connectivity index is 4.03. The van der Waals surface area contributed by atoms with Crippen LogP contribution in [0.5, 0.6) is 0 Å².